The monoisotopic (exact) mass is 274 g/mol. The predicted octanol–water partition coefficient (Wildman–Crippen LogP) is 3.39. The van der Waals surface area contributed by atoms with Gasteiger partial charge in [0.05, 0.1) is 5.69 Å². The molecule has 0 aliphatic heterocycles. The molecule has 2 rings (SSSR count). The third kappa shape index (κ3) is 3.14. The molecule has 3 nitrogen and oxygen atoms in total. The molecule has 20 heavy (non-hydrogen) atoms. The number of nitrogens with zero attached hydrogens (tertiary/aromatic N) is 1. The van der Waals surface area contributed by atoms with E-state index in [1.807, 2.05) is 32.0 Å². The van der Waals surface area contributed by atoms with Crippen LogP contribution in [0.25, 0.3) is 0 Å². The second kappa shape index (κ2) is 6.48. The van der Waals surface area contributed by atoms with Crippen LogP contribution in [0, 0.1) is 12.7 Å². The van der Waals surface area contributed by atoms with Crippen LogP contribution in [-0.2, 0) is 12.8 Å². The van der Waals surface area contributed by atoms with Crippen molar-refractivity contribution in [2.24, 2.45) is 5.73 Å². The number of ether oxygens (including phenoxy) is 1. The summed E-state index contributed by atoms with van der Waals surface area (Å²) in [6.07, 6.45) is 1.31. The lowest BCUT2D eigenvalue weighted by Crippen LogP contribution is -2.05. The lowest BCUT2D eigenvalue weighted by Gasteiger charge is -2.14. The van der Waals surface area contributed by atoms with Crippen LogP contribution in [0.15, 0.2) is 30.3 Å². The molecule has 1 heterocycles. The molecule has 0 radical (unpaired) electrons. The maximum atomic E-state index is 14.0. The minimum absolute atomic E-state index is 0.248. The first-order valence-electron chi connectivity index (χ1n) is 6.77. The van der Waals surface area contributed by atoms with Gasteiger partial charge in [0.1, 0.15) is 5.75 Å². The van der Waals surface area contributed by atoms with Crippen molar-refractivity contribution < 1.29 is 9.13 Å². The Morgan fingerprint density at radius 3 is 2.75 bits per heavy atom. The highest BCUT2D eigenvalue weighted by molar-refractivity contribution is 5.41. The Kier molecular flexibility index (Phi) is 4.69. The number of nitrogens with two attached hydrogens (primary N) is 1. The Morgan fingerprint density at radius 2 is 2.05 bits per heavy atom. The van der Waals surface area contributed by atoms with Crippen molar-refractivity contribution in [3.05, 3.63) is 53.1 Å². The van der Waals surface area contributed by atoms with Gasteiger partial charge in [-0.05, 0) is 50.1 Å². The van der Waals surface area contributed by atoms with Crippen molar-refractivity contribution in [3.63, 3.8) is 0 Å². The summed E-state index contributed by atoms with van der Waals surface area (Å²) in [7, 11) is 0. The van der Waals surface area contributed by atoms with Crippen molar-refractivity contribution in [2.45, 2.75) is 26.7 Å². The molecule has 0 saturated heterocycles. The number of hydrogen-bond acceptors (Lipinski definition) is 3. The van der Waals surface area contributed by atoms with E-state index >= 15 is 0 Å². The minimum Gasteiger partial charge on any atom is -0.452 e. The van der Waals surface area contributed by atoms with E-state index in [9.17, 15) is 4.39 Å². The van der Waals surface area contributed by atoms with E-state index in [-0.39, 0.29) is 11.6 Å². The number of hydrogen-bond donors (Lipinski definition) is 1. The zero-order chi connectivity index (χ0) is 14.5. The van der Waals surface area contributed by atoms with Crippen LogP contribution in [-0.4, -0.2) is 11.5 Å². The van der Waals surface area contributed by atoms with Gasteiger partial charge < -0.3 is 10.5 Å². The number of halogens is 1. The maximum absolute atomic E-state index is 14.0. The zero-order valence-corrected chi connectivity index (χ0v) is 11.8. The van der Waals surface area contributed by atoms with Crippen molar-refractivity contribution in [1.29, 1.82) is 0 Å². The number of aryl methyl sites for hydroxylation is 2. The first kappa shape index (κ1) is 14.5. The minimum atomic E-state index is -0.376. The molecule has 0 unspecified atom stereocenters. The zero-order valence-electron chi connectivity index (χ0n) is 11.8. The molecule has 0 atom stereocenters. The Morgan fingerprint density at radius 1 is 1.25 bits per heavy atom. The van der Waals surface area contributed by atoms with Gasteiger partial charge in [-0.25, -0.2) is 4.39 Å². The number of aromatic nitrogens is 1. The van der Waals surface area contributed by atoms with Crippen LogP contribution in [0.1, 0.15) is 23.9 Å². The molecular formula is C16H19FN2O. The fourth-order valence-electron chi connectivity index (χ4n) is 2.07. The summed E-state index contributed by atoms with van der Waals surface area (Å²) in [5.74, 6) is 0.471. The van der Waals surface area contributed by atoms with Crippen molar-refractivity contribution in [2.75, 3.05) is 6.54 Å². The van der Waals surface area contributed by atoms with Crippen molar-refractivity contribution in [3.8, 4) is 11.5 Å². The molecule has 0 spiro atoms. The second-order valence-corrected chi connectivity index (χ2v) is 4.62. The van der Waals surface area contributed by atoms with Gasteiger partial charge >= 0.3 is 0 Å². The van der Waals surface area contributed by atoms with E-state index in [2.05, 4.69) is 4.98 Å². The highest BCUT2D eigenvalue weighted by Gasteiger charge is 2.13. The quantitative estimate of drug-likeness (QED) is 0.909. The maximum Gasteiger partial charge on any atom is 0.166 e. The van der Waals surface area contributed by atoms with Crippen LogP contribution < -0.4 is 10.5 Å². The smallest absolute Gasteiger partial charge is 0.166 e. The molecule has 0 amide bonds. The summed E-state index contributed by atoms with van der Waals surface area (Å²) in [6, 6.07) is 8.58. The SMILES string of the molecule is CCc1nc(C)ccc1Oc1c(F)cccc1CCN. The van der Waals surface area contributed by atoms with E-state index in [4.69, 9.17) is 10.5 Å². The lowest BCUT2D eigenvalue weighted by molar-refractivity contribution is 0.429. The van der Waals surface area contributed by atoms with Crippen LogP contribution >= 0.6 is 0 Å². The van der Waals surface area contributed by atoms with Gasteiger partial charge in [-0.2, -0.15) is 0 Å². The predicted molar refractivity (Wildman–Crippen MR) is 77.6 cm³/mol. The molecule has 1 aromatic carbocycles. The summed E-state index contributed by atoms with van der Waals surface area (Å²) in [6.45, 7) is 4.37. The Bertz CT molecular complexity index is 599. The third-order valence-electron chi connectivity index (χ3n) is 3.08. The van der Waals surface area contributed by atoms with Crippen molar-refractivity contribution >= 4 is 0 Å². The molecule has 4 heteroatoms. The average molecular weight is 274 g/mol. The van der Waals surface area contributed by atoms with Gasteiger partial charge in [0, 0.05) is 5.69 Å². The van der Waals surface area contributed by atoms with Crippen LogP contribution in [0.5, 0.6) is 11.5 Å². The summed E-state index contributed by atoms with van der Waals surface area (Å²) < 4.78 is 19.8. The number of rotatable bonds is 5. The molecule has 0 aliphatic rings. The Balaban J connectivity index is 2.39. The largest absolute Gasteiger partial charge is 0.452 e. The lowest BCUT2D eigenvalue weighted by atomic mass is 10.1. The molecule has 0 bridgehead atoms. The molecule has 0 fully saturated rings. The summed E-state index contributed by atoms with van der Waals surface area (Å²) >= 11 is 0. The van der Waals surface area contributed by atoms with E-state index in [1.165, 1.54) is 6.07 Å². The normalized spacial score (nSPS) is 10.6. The fourth-order valence-corrected chi connectivity index (χ4v) is 2.07. The average Bonchev–Trinajstić information content (AvgIpc) is 2.44. The van der Waals surface area contributed by atoms with Gasteiger partial charge in [-0.1, -0.05) is 19.1 Å². The van der Waals surface area contributed by atoms with E-state index < -0.39 is 0 Å². The third-order valence-corrected chi connectivity index (χ3v) is 3.08. The topological polar surface area (TPSA) is 48.1 Å². The van der Waals surface area contributed by atoms with Crippen LogP contribution in [0.4, 0.5) is 4.39 Å². The molecule has 0 aliphatic carbocycles. The molecule has 0 saturated carbocycles. The van der Waals surface area contributed by atoms with Gasteiger partial charge in [0.2, 0.25) is 0 Å². The second-order valence-electron chi connectivity index (χ2n) is 4.62. The highest BCUT2D eigenvalue weighted by atomic mass is 19.1. The summed E-state index contributed by atoms with van der Waals surface area (Å²) in [5, 5.41) is 0. The van der Waals surface area contributed by atoms with E-state index in [0.717, 1.165) is 23.4 Å². The molecule has 106 valence electrons. The van der Waals surface area contributed by atoms with Gasteiger partial charge in [-0.3, -0.25) is 4.98 Å². The standard InChI is InChI=1S/C16H19FN2O/c1-3-14-15(8-7-11(2)19-14)20-16-12(9-10-18)5-4-6-13(16)17/h4-8H,3,9-10,18H2,1-2H3. The first-order chi connectivity index (χ1) is 9.65. The summed E-state index contributed by atoms with van der Waals surface area (Å²) in [4.78, 5) is 4.42. The van der Waals surface area contributed by atoms with Crippen LogP contribution in [0.2, 0.25) is 0 Å². The highest BCUT2D eigenvalue weighted by Crippen LogP contribution is 2.30. The van der Waals surface area contributed by atoms with E-state index in [1.54, 1.807) is 6.07 Å². The van der Waals surface area contributed by atoms with Crippen LogP contribution in [0.3, 0.4) is 0 Å². The number of benzene rings is 1. The first-order valence-corrected chi connectivity index (χ1v) is 6.77. The Hall–Kier alpha value is -1.94. The molecular weight excluding hydrogens is 255 g/mol. The molecule has 2 N–H and O–H groups in total. The number of para-hydroxylation sites is 1. The fraction of sp³-hybridized carbons (Fsp3) is 0.312. The molecule has 2 aromatic rings. The Labute approximate surface area is 118 Å². The van der Waals surface area contributed by atoms with Gasteiger partial charge in [0.15, 0.2) is 11.6 Å². The van der Waals surface area contributed by atoms with E-state index in [0.29, 0.717) is 18.7 Å². The van der Waals surface area contributed by atoms with Crippen molar-refractivity contribution in [1.82, 2.24) is 4.98 Å². The van der Waals surface area contributed by atoms with Gasteiger partial charge in [0.25, 0.3) is 0 Å². The molecule has 1 aromatic heterocycles. The van der Waals surface area contributed by atoms with Gasteiger partial charge in [-0.15, -0.1) is 0 Å². The number of pyridine rings is 1. The summed E-state index contributed by atoms with van der Waals surface area (Å²) in [5.41, 5.74) is 8.08.